The molecule has 31 heavy (non-hydrogen) atoms. The summed E-state index contributed by atoms with van der Waals surface area (Å²) in [6, 6.07) is 13.0. The highest BCUT2D eigenvalue weighted by Gasteiger charge is 2.25. The molecule has 2 aromatic carbocycles. The Labute approximate surface area is 181 Å². The van der Waals surface area contributed by atoms with Gasteiger partial charge in [-0.25, -0.2) is 9.59 Å². The summed E-state index contributed by atoms with van der Waals surface area (Å²) < 4.78 is 16.1. The molecule has 2 aromatic rings. The van der Waals surface area contributed by atoms with Crippen LogP contribution < -0.4 is 20.1 Å². The summed E-state index contributed by atoms with van der Waals surface area (Å²) >= 11 is 0. The second-order valence-corrected chi connectivity index (χ2v) is 6.25. The molecule has 0 fully saturated rings. The van der Waals surface area contributed by atoms with Crippen LogP contribution in [0, 0.1) is 0 Å². The number of ether oxygens (including phenoxy) is 3. The fraction of sp³-hybridized carbons (Fsp3) is 0.261. The number of benzene rings is 2. The normalized spacial score (nSPS) is 11.5. The molecule has 0 heterocycles. The Bertz CT molecular complexity index is 927. The van der Waals surface area contributed by atoms with Gasteiger partial charge in [0.1, 0.15) is 0 Å². The highest BCUT2D eigenvalue weighted by Crippen LogP contribution is 2.28. The minimum atomic E-state index is -1.28. The zero-order chi connectivity index (χ0) is 22.6. The Kier molecular flexibility index (Phi) is 9.10. The first kappa shape index (κ1) is 23.5. The molecule has 0 saturated carbocycles. The smallest absolute Gasteiger partial charge is 0.331 e. The topological polar surface area (TPSA) is 103 Å². The highest BCUT2D eigenvalue weighted by molar-refractivity contribution is 5.98. The molecular formula is C23H26N2O6. The Morgan fingerprint density at radius 2 is 1.77 bits per heavy atom. The van der Waals surface area contributed by atoms with Gasteiger partial charge in [-0.05, 0) is 37.6 Å². The van der Waals surface area contributed by atoms with Gasteiger partial charge in [0.15, 0.2) is 11.5 Å². The predicted octanol–water partition coefficient (Wildman–Crippen LogP) is 3.24. The van der Waals surface area contributed by atoms with Crippen LogP contribution >= 0.6 is 0 Å². The molecule has 1 unspecified atom stereocenters. The van der Waals surface area contributed by atoms with Gasteiger partial charge >= 0.3 is 12.0 Å². The van der Waals surface area contributed by atoms with E-state index >= 15 is 0 Å². The van der Waals surface area contributed by atoms with Crippen molar-refractivity contribution >= 4 is 24.0 Å². The van der Waals surface area contributed by atoms with Crippen molar-refractivity contribution in [2.24, 2.45) is 0 Å². The van der Waals surface area contributed by atoms with Crippen LogP contribution in [0.15, 0.2) is 54.6 Å². The average Bonchev–Trinajstić information content (AvgIpc) is 2.77. The van der Waals surface area contributed by atoms with Gasteiger partial charge < -0.3 is 19.5 Å². The number of methoxy groups -OCH3 is 1. The summed E-state index contributed by atoms with van der Waals surface area (Å²) in [5.74, 6) is -0.369. The van der Waals surface area contributed by atoms with E-state index in [0.29, 0.717) is 35.8 Å². The number of urea groups is 1. The summed E-state index contributed by atoms with van der Waals surface area (Å²) in [6.07, 6.45) is 1.45. The lowest BCUT2D eigenvalue weighted by atomic mass is 10.1. The molecule has 0 radical (unpaired) electrons. The predicted molar refractivity (Wildman–Crippen MR) is 116 cm³/mol. The molecule has 0 aliphatic heterocycles. The maximum Gasteiger partial charge on any atom is 0.331 e. The Morgan fingerprint density at radius 3 is 2.42 bits per heavy atom. The molecule has 3 amide bonds. The summed E-state index contributed by atoms with van der Waals surface area (Å²) in [5, 5.41) is 4.63. The molecule has 8 heteroatoms. The van der Waals surface area contributed by atoms with Crippen molar-refractivity contribution in [2.75, 3.05) is 20.3 Å². The average molecular weight is 426 g/mol. The molecule has 2 N–H and O–H groups in total. The van der Waals surface area contributed by atoms with Crippen molar-refractivity contribution < 1.29 is 28.6 Å². The largest absolute Gasteiger partial charge is 0.493 e. The van der Waals surface area contributed by atoms with Gasteiger partial charge in [0, 0.05) is 18.2 Å². The molecule has 164 valence electrons. The quantitative estimate of drug-likeness (QED) is 0.471. The third-order valence-electron chi connectivity index (χ3n) is 4.05. The third kappa shape index (κ3) is 7.18. The monoisotopic (exact) mass is 426 g/mol. The van der Waals surface area contributed by atoms with Crippen molar-refractivity contribution in [3.8, 4) is 11.5 Å². The second kappa shape index (κ2) is 12.0. The Morgan fingerprint density at radius 1 is 1.03 bits per heavy atom. The van der Waals surface area contributed by atoms with Gasteiger partial charge in [0.05, 0.1) is 13.7 Å². The fourth-order valence-electron chi connectivity index (χ4n) is 2.67. The van der Waals surface area contributed by atoms with E-state index in [0.717, 1.165) is 0 Å². The summed E-state index contributed by atoms with van der Waals surface area (Å²) in [4.78, 5) is 36.6. The molecular weight excluding hydrogens is 400 g/mol. The standard InChI is InChI=1S/C23H26N2O6/c1-4-24-23(28)25-22(27)21(17-9-7-6-8-10-17)31-20(26)14-12-16-11-13-18(30-5-2)19(15-16)29-3/h6-15,21H,4-5H2,1-3H3,(H2,24,25,27,28)/b14-12+. The maximum absolute atomic E-state index is 12.5. The van der Waals surface area contributed by atoms with E-state index in [1.54, 1.807) is 55.5 Å². The number of esters is 1. The van der Waals surface area contributed by atoms with Crippen LogP contribution in [0.4, 0.5) is 4.79 Å². The van der Waals surface area contributed by atoms with Crippen molar-refractivity contribution in [3.63, 3.8) is 0 Å². The molecule has 0 aromatic heterocycles. The summed E-state index contributed by atoms with van der Waals surface area (Å²) in [6.45, 7) is 4.44. The number of imide groups is 1. The maximum atomic E-state index is 12.5. The van der Waals surface area contributed by atoms with Gasteiger partial charge in [-0.1, -0.05) is 36.4 Å². The van der Waals surface area contributed by atoms with Crippen LogP contribution in [-0.4, -0.2) is 38.2 Å². The molecule has 0 aliphatic rings. The van der Waals surface area contributed by atoms with Crippen molar-refractivity contribution in [1.29, 1.82) is 0 Å². The number of carbonyl (C=O) groups excluding carboxylic acids is 3. The molecule has 1 atom stereocenters. The highest BCUT2D eigenvalue weighted by atomic mass is 16.5. The molecule has 0 saturated heterocycles. The van der Waals surface area contributed by atoms with Gasteiger partial charge in [-0.3, -0.25) is 10.1 Å². The Hall–Kier alpha value is -3.81. The van der Waals surface area contributed by atoms with E-state index in [4.69, 9.17) is 14.2 Å². The number of nitrogens with one attached hydrogen (secondary N) is 2. The first-order valence-corrected chi connectivity index (χ1v) is 9.81. The van der Waals surface area contributed by atoms with Crippen LogP contribution in [0.25, 0.3) is 6.08 Å². The molecule has 0 spiro atoms. The number of hydrogen-bond donors (Lipinski definition) is 2. The van der Waals surface area contributed by atoms with Crippen LogP contribution in [-0.2, 0) is 14.3 Å². The summed E-state index contributed by atoms with van der Waals surface area (Å²) in [7, 11) is 1.53. The molecule has 0 aliphatic carbocycles. The lowest BCUT2D eigenvalue weighted by molar-refractivity contribution is -0.151. The van der Waals surface area contributed by atoms with Crippen LogP contribution in [0.1, 0.15) is 31.1 Å². The lowest BCUT2D eigenvalue weighted by Crippen LogP contribution is -2.42. The van der Waals surface area contributed by atoms with E-state index < -0.39 is 24.0 Å². The zero-order valence-electron chi connectivity index (χ0n) is 17.7. The van der Waals surface area contributed by atoms with Crippen molar-refractivity contribution in [2.45, 2.75) is 20.0 Å². The minimum absolute atomic E-state index is 0.350. The molecule has 8 nitrogen and oxygen atoms in total. The lowest BCUT2D eigenvalue weighted by Gasteiger charge is -2.16. The number of rotatable bonds is 9. The second-order valence-electron chi connectivity index (χ2n) is 6.25. The zero-order valence-corrected chi connectivity index (χ0v) is 17.7. The minimum Gasteiger partial charge on any atom is -0.493 e. The van der Waals surface area contributed by atoms with E-state index in [-0.39, 0.29) is 0 Å². The van der Waals surface area contributed by atoms with Gasteiger partial charge in [0.25, 0.3) is 5.91 Å². The van der Waals surface area contributed by atoms with Gasteiger partial charge in [-0.15, -0.1) is 0 Å². The first-order valence-electron chi connectivity index (χ1n) is 9.81. The SMILES string of the molecule is CCNC(=O)NC(=O)C(OC(=O)/C=C/c1ccc(OCC)c(OC)c1)c1ccccc1. The Balaban J connectivity index is 2.14. The molecule has 0 bridgehead atoms. The molecule has 2 rings (SSSR count). The number of hydrogen-bond acceptors (Lipinski definition) is 6. The first-order chi connectivity index (χ1) is 15.0. The van der Waals surface area contributed by atoms with Crippen LogP contribution in [0.2, 0.25) is 0 Å². The third-order valence-corrected chi connectivity index (χ3v) is 4.05. The number of carbonyl (C=O) groups is 3. The van der Waals surface area contributed by atoms with E-state index in [1.165, 1.54) is 19.3 Å². The van der Waals surface area contributed by atoms with Gasteiger partial charge in [-0.2, -0.15) is 0 Å². The van der Waals surface area contributed by atoms with E-state index in [9.17, 15) is 14.4 Å². The van der Waals surface area contributed by atoms with E-state index in [1.807, 2.05) is 6.92 Å². The van der Waals surface area contributed by atoms with Crippen LogP contribution in [0.3, 0.4) is 0 Å². The fourth-order valence-corrected chi connectivity index (χ4v) is 2.67. The van der Waals surface area contributed by atoms with Crippen molar-refractivity contribution in [1.82, 2.24) is 10.6 Å². The van der Waals surface area contributed by atoms with Crippen molar-refractivity contribution in [3.05, 3.63) is 65.7 Å². The number of amides is 3. The summed E-state index contributed by atoms with van der Waals surface area (Å²) in [5.41, 5.74) is 1.12. The van der Waals surface area contributed by atoms with Crippen LogP contribution in [0.5, 0.6) is 11.5 Å². The van der Waals surface area contributed by atoms with E-state index in [2.05, 4.69) is 10.6 Å². The van der Waals surface area contributed by atoms with Gasteiger partial charge in [0.2, 0.25) is 6.10 Å².